The Kier molecular flexibility index (Phi) is 2.23. The van der Waals surface area contributed by atoms with E-state index in [0.29, 0.717) is 22.4 Å². The Labute approximate surface area is 103 Å². The van der Waals surface area contributed by atoms with Crippen molar-refractivity contribution in [2.45, 2.75) is 13.5 Å². The minimum atomic E-state index is 0.205. The maximum absolute atomic E-state index is 9.05. The number of hydrogen-bond donors (Lipinski definition) is 1. The minimum absolute atomic E-state index is 0.205. The maximum Gasteiger partial charge on any atom is 0.231 e. The second kappa shape index (κ2) is 3.77. The van der Waals surface area contributed by atoms with E-state index in [4.69, 9.17) is 20.1 Å². The van der Waals surface area contributed by atoms with Crippen LogP contribution >= 0.6 is 0 Å². The van der Waals surface area contributed by atoms with Crippen molar-refractivity contribution < 1.29 is 9.47 Å². The summed E-state index contributed by atoms with van der Waals surface area (Å²) in [5.74, 6) is 1.32. The van der Waals surface area contributed by atoms with E-state index in [9.17, 15) is 0 Å². The largest absolute Gasteiger partial charge is 0.454 e. The molecular formula is C13H11N3O2. The van der Waals surface area contributed by atoms with Crippen LogP contribution in [0.2, 0.25) is 0 Å². The zero-order valence-corrected chi connectivity index (χ0v) is 9.86. The van der Waals surface area contributed by atoms with Gasteiger partial charge < -0.3 is 14.0 Å². The van der Waals surface area contributed by atoms with Gasteiger partial charge in [0.1, 0.15) is 6.07 Å². The molecule has 0 amide bonds. The molecule has 3 rings (SSSR count). The van der Waals surface area contributed by atoms with Crippen LogP contribution in [0.4, 0.5) is 0 Å². The SMILES string of the molecule is CCn1cc(C#N)c(=N)c2cc3c(cc21)OCO3. The second-order valence-electron chi connectivity index (χ2n) is 4.04. The van der Waals surface area contributed by atoms with Crippen LogP contribution in [-0.4, -0.2) is 11.4 Å². The van der Waals surface area contributed by atoms with E-state index in [0.717, 1.165) is 12.1 Å². The zero-order valence-electron chi connectivity index (χ0n) is 9.86. The van der Waals surface area contributed by atoms with Crippen molar-refractivity contribution in [1.29, 1.82) is 10.7 Å². The molecule has 1 aromatic heterocycles. The Morgan fingerprint density at radius 3 is 2.78 bits per heavy atom. The number of benzene rings is 1. The lowest BCUT2D eigenvalue weighted by molar-refractivity contribution is 0.174. The van der Waals surface area contributed by atoms with Crippen molar-refractivity contribution in [2.75, 3.05) is 6.79 Å². The Hall–Kier alpha value is -2.48. The summed E-state index contributed by atoms with van der Waals surface area (Å²) in [7, 11) is 0. The van der Waals surface area contributed by atoms with Crippen LogP contribution < -0.4 is 14.8 Å². The van der Waals surface area contributed by atoms with E-state index < -0.39 is 0 Å². The van der Waals surface area contributed by atoms with Crippen molar-refractivity contribution in [3.63, 3.8) is 0 Å². The predicted octanol–water partition coefficient (Wildman–Crippen LogP) is 1.74. The van der Waals surface area contributed by atoms with E-state index in [1.165, 1.54) is 0 Å². The van der Waals surface area contributed by atoms with Crippen molar-refractivity contribution in [1.82, 2.24) is 4.57 Å². The smallest absolute Gasteiger partial charge is 0.231 e. The highest BCUT2D eigenvalue weighted by Crippen LogP contribution is 2.35. The molecule has 1 N–H and O–H groups in total. The summed E-state index contributed by atoms with van der Waals surface area (Å²) in [6, 6.07) is 5.68. The predicted molar refractivity (Wildman–Crippen MR) is 64.3 cm³/mol. The third-order valence-corrected chi connectivity index (χ3v) is 3.09. The van der Waals surface area contributed by atoms with Gasteiger partial charge in [-0.2, -0.15) is 5.26 Å². The van der Waals surface area contributed by atoms with Gasteiger partial charge in [-0.1, -0.05) is 0 Å². The first-order valence-electron chi connectivity index (χ1n) is 5.66. The molecule has 0 saturated heterocycles. The fraction of sp³-hybridized carbons (Fsp3) is 0.231. The van der Waals surface area contributed by atoms with Crippen molar-refractivity contribution >= 4 is 10.9 Å². The first-order valence-corrected chi connectivity index (χ1v) is 5.66. The standard InChI is InChI=1S/C13H11N3O2/c1-2-16-6-8(5-14)13(15)9-3-11-12(4-10(9)16)18-7-17-11/h3-4,6,15H,2,7H2,1H3. The number of nitrogens with zero attached hydrogens (tertiary/aromatic N) is 2. The summed E-state index contributed by atoms with van der Waals surface area (Å²) in [6.45, 7) is 2.93. The molecule has 1 aromatic carbocycles. The first kappa shape index (κ1) is 10.7. The molecule has 1 aliphatic rings. The van der Waals surface area contributed by atoms with E-state index in [1.54, 1.807) is 12.3 Å². The molecule has 0 spiro atoms. The van der Waals surface area contributed by atoms with E-state index in [2.05, 4.69) is 0 Å². The van der Waals surface area contributed by atoms with Crippen molar-refractivity contribution in [3.05, 3.63) is 29.3 Å². The van der Waals surface area contributed by atoms with Gasteiger partial charge in [-0.25, -0.2) is 0 Å². The van der Waals surface area contributed by atoms with Crippen LogP contribution in [0.15, 0.2) is 18.3 Å². The van der Waals surface area contributed by atoms with Crippen LogP contribution in [0, 0.1) is 16.7 Å². The third-order valence-electron chi connectivity index (χ3n) is 3.09. The van der Waals surface area contributed by atoms with Gasteiger partial charge in [0.25, 0.3) is 0 Å². The number of fused-ring (bicyclic) bond motifs is 2. The number of aromatic nitrogens is 1. The average molecular weight is 241 g/mol. The Morgan fingerprint density at radius 2 is 2.11 bits per heavy atom. The van der Waals surface area contributed by atoms with Crippen molar-refractivity contribution in [3.8, 4) is 17.6 Å². The number of aryl methyl sites for hydroxylation is 1. The summed E-state index contributed by atoms with van der Waals surface area (Å²) >= 11 is 0. The Morgan fingerprint density at radius 1 is 1.39 bits per heavy atom. The van der Waals surface area contributed by atoms with Crippen LogP contribution in [0.25, 0.3) is 10.9 Å². The third kappa shape index (κ3) is 1.36. The highest BCUT2D eigenvalue weighted by atomic mass is 16.7. The van der Waals surface area contributed by atoms with Crippen LogP contribution in [-0.2, 0) is 6.54 Å². The normalized spacial score (nSPS) is 12.7. The van der Waals surface area contributed by atoms with Crippen LogP contribution in [0.3, 0.4) is 0 Å². The second-order valence-corrected chi connectivity index (χ2v) is 4.04. The molecule has 0 bridgehead atoms. The molecule has 0 unspecified atom stereocenters. The molecule has 1 aliphatic heterocycles. The number of ether oxygens (including phenoxy) is 2. The molecule has 0 fully saturated rings. The highest BCUT2D eigenvalue weighted by molar-refractivity contribution is 5.84. The summed E-state index contributed by atoms with van der Waals surface area (Å²) in [5, 5.41) is 18.0. The quantitative estimate of drug-likeness (QED) is 0.826. The lowest BCUT2D eigenvalue weighted by Gasteiger charge is -2.10. The summed E-state index contributed by atoms with van der Waals surface area (Å²) in [5.41, 5.74) is 1.24. The number of nitriles is 1. The number of hydrogen-bond acceptors (Lipinski definition) is 4. The Bertz CT molecular complexity index is 740. The van der Waals surface area contributed by atoms with Gasteiger partial charge in [0.2, 0.25) is 6.79 Å². The van der Waals surface area contributed by atoms with Gasteiger partial charge >= 0.3 is 0 Å². The lowest BCUT2D eigenvalue weighted by Crippen LogP contribution is -2.12. The first-order chi connectivity index (χ1) is 8.74. The van der Waals surface area contributed by atoms with E-state index in [-0.39, 0.29) is 12.2 Å². The average Bonchev–Trinajstić information content (AvgIpc) is 2.85. The van der Waals surface area contributed by atoms with Gasteiger partial charge in [0.05, 0.1) is 16.4 Å². The monoisotopic (exact) mass is 241 g/mol. The van der Waals surface area contributed by atoms with Crippen LogP contribution in [0.1, 0.15) is 12.5 Å². The molecule has 5 heteroatoms. The highest BCUT2D eigenvalue weighted by Gasteiger charge is 2.16. The van der Waals surface area contributed by atoms with E-state index >= 15 is 0 Å². The molecule has 2 heterocycles. The molecule has 0 atom stereocenters. The fourth-order valence-electron chi connectivity index (χ4n) is 2.15. The minimum Gasteiger partial charge on any atom is -0.454 e. The summed E-state index contributed by atoms with van der Waals surface area (Å²) in [4.78, 5) is 0. The number of pyridine rings is 1. The summed E-state index contributed by atoms with van der Waals surface area (Å²) in [6.07, 6.45) is 1.70. The molecule has 0 aliphatic carbocycles. The van der Waals surface area contributed by atoms with Gasteiger partial charge in [-0.15, -0.1) is 0 Å². The van der Waals surface area contributed by atoms with Crippen molar-refractivity contribution in [2.24, 2.45) is 0 Å². The molecule has 5 nitrogen and oxygen atoms in total. The maximum atomic E-state index is 9.05. The van der Waals surface area contributed by atoms with Gasteiger partial charge in [0.15, 0.2) is 11.5 Å². The zero-order chi connectivity index (χ0) is 12.7. The lowest BCUT2D eigenvalue weighted by atomic mass is 10.1. The Balaban J connectivity index is 2.45. The molecule has 90 valence electrons. The van der Waals surface area contributed by atoms with Crippen LogP contribution in [0.5, 0.6) is 11.5 Å². The number of nitrogens with one attached hydrogen (secondary N) is 1. The van der Waals surface area contributed by atoms with Gasteiger partial charge in [0, 0.05) is 24.2 Å². The van der Waals surface area contributed by atoms with Gasteiger partial charge in [-0.05, 0) is 13.0 Å². The van der Waals surface area contributed by atoms with Gasteiger partial charge in [-0.3, -0.25) is 5.41 Å². The molecular weight excluding hydrogens is 230 g/mol. The molecule has 18 heavy (non-hydrogen) atoms. The summed E-state index contributed by atoms with van der Waals surface area (Å²) < 4.78 is 12.6. The number of rotatable bonds is 1. The molecule has 0 radical (unpaired) electrons. The molecule has 2 aromatic rings. The topological polar surface area (TPSA) is 71.0 Å². The van der Waals surface area contributed by atoms with E-state index in [1.807, 2.05) is 23.6 Å². The fourth-order valence-corrected chi connectivity index (χ4v) is 2.15. The molecule has 0 saturated carbocycles.